The van der Waals surface area contributed by atoms with E-state index >= 15 is 0 Å². The van der Waals surface area contributed by atoms with Crippen LogP contribution in [0.1, 0.15) is 17.9 Å². The largest absolute Gasteiger partial charge is 0.284 e. The van der Waals surface area contributed by atoms with Crippen molar-refractivity contribution in [2.45, 2.75) is 19.0 Å². The van der Waals surface area contributed by atoms with Gasteiger partial charge in [0.1, 0.15) is 0 Å². The lowest BCUT2D eigenvalue weighted by atomic mass is 9.99. The maximum absolute atomic E-state index is 5.89. The van der Waals surface area contributed by atoms with Crippen molar-refractivity contribution < 1.29 is 0 Å². The topological polar surface area (TPSA) is 26.0 Å². The van der Waals surface area contributed by atoms with Crippen LogP contribution in [0.3, 0.4) is 0 Å². The van der Waals surface area contributed by atoms with Crippen molar-refractivity contribution in [1.29, 1.82) is 0 Å². The Bertz CT molecular complexity index is 1170. The smallest absolute Gasteiger partial charge is 0.204 e. The van der Waals surface area contributed by atoms with E-state index in [9.17, 15) is 0 Å². The minimum atomic E-state index is 0.574. The fourth-order valence-electron chi connectivity index (χ4n) is 4.23. The summed E-state index contributed by atoms with van der Waals surface area (Å²) in [6.07, 6.45) is 1.17. The highest BCUT2D eigenvalue weighted by atomic mass is 32.1. The third-order valence-corrected chi connectivity index (χ3v) is 6.16. The van der Waals surface area contributed by atoms with Crippen molar-refractivity contribution in [3.8, 4) is 17.1 Å². The summed E-state index contributed by atoms with van der Waals surface area (Å²) >= 11 is 5.89. The molecule has 5 rings (SSSR count). The van der Waals surface area contributed by atoms with Crippen molar-refractivity contribution in [2.24, 2.45) is 0 Å². The summed E-state index contributed by atoms with van der Waals surface area (Å²) in [6, 6.07) is 31.3. The lowest BCUT2D eigenvalue weighted by Crippen LogP contribution is -2.24. The second-order valence-electron chi connectivity index (χ2n) is 7.76. The van der Waals surface area contributed by atoms with Crippen LogP contribution in [0.25, 0.3) is 17.1 Å². The van der Waals surface area contributed by atoms with Gasteiger partial charge in [0.25, 0.3) is 0 Å². The van der Waals surface area contributed by atoms with Gasteiger partial charge in [-0.05, 0) is 42.3 Å². The minimum Gasteiger partial charge on any atom is -0.284 e. The van der Waals surface area contributed by atoms with Gasteiger partial charge in [-0.15, -0.1) is 5.10 Å². The van der Waals surface area contributed by atoms with Gasteiger partial charge in [0.15, 0.2) is 5.82 Å². The molecule has 4 aromatic rings. The van der Waals surface area contributed by atoms with Crippen molar-refractivity contribution in [1.82, 2.24) is 19.2 Å². The van der Waals surface area contributed by atoms with E-state index in [2.05, 4.69) is 64.1 Å². The van der Waals surface area contributed by atoms with Crippen LogP contribution in [-0.2, 0) is 6.67 Å². The van der Waals surface area contributed by atoms with Crippen LogP contribution in [-0.4, -0.2) is 32.3 Å². The Kier molecular flexibility index (Phi) is 5.30. The third kappa shape index (κ3) is 3.74. The van der Waals surface area contributed by atoms with Gasteiger partial charge in [0.05, 0.1) is 6.67 Å². The molecule has 0 saturated carbocycles. The predicted molar refractivity (Wildman–Crippen MR) is 123 cm³/mol. The van der Waals surface area contributed by atoms with E-state index in [1.165, 1.54) is 12.0 Å². The minimum absolute atomic E-state index is 0.574. The molecular formula is C25H24N4S. The summed E-state index contributed by atoms with van der Waals surface area (Å²) in [7, 11) is 0. The molecule has 1 atom stereocenters. The zero-order chi connectivity index (χ0) is 20.3. The van der Waals surface area contributed by atoms with Gasteiger partial charge < -0.3 is 0 Å². The van der Waals surface area contributed by atoms with E-state index in [0.29, 0.717) is 12.6 Å². The average Bonchev–Trinajstić information content (AvgIpc) is 3.41. The van der Waals surface area contributed by atoms with Crippen LogP contribution in [0.2, 0.25) is 0 Å². The molecule has 5 heteroatoms. The monoisotopic (exact) mass is 412 g/mol. The predicted octanol–water partition coefficient (Wildman–Crippen LogP) is 5.52. The molecule has 1 aromatic heterocycles. The first kappa shape index (κ1) is 19.0. The van der Waals surface area contributed by atoms with Crippen LogP contribution in [0.15, 0.2) is 91.0 Å². The SMILES string of the molecule is S=c1n(CN2CC[C@H](c3ccccc3)C2)nc(-c2ccccc2)n1-c1ccccc1. The molecule has 0 N–H and O–H groups in total. The maximum atomic E-state index is 5.89. The van der Waals surface area contributed by atoms with Gasteiger partial charge in [-0.1, -0.05) is 78.9 Å². The Balaban J connectivity index is 1.46. The van der Waals surface area contributed by atoms with Crippen LogP contribution in [0.5, 0.6) is 0 Å². The molecule has 0 unspecified atom stereocenters. The first-order valence-electron chi connectivity index (χ1n) is 10.4. The molecule has 0 radical (unpaired) electrons. The van der Waals surface area contributed by atoms with Crippen LogP contribution in [0.4, 0.5) is 0 Å². The standard InChI is InChI=1S/C25H24N4S/c30-25-28(19-27-17-16-22(18-27)20-10-4-1-5-11-20)26-24(21-12-6-2-7-13-21)29(25)23-14-8-3-9-15-23/h1-15,22H,16-19H2/t22-/m0/s1. The van der Waals surface area contributed by atoms with E-state index < -0.39 is 0 Å². The summed E-state index contributed by atoms with van der Waals surface area (Å²) in [5, 5.41) is 4.95. The number of para-hydroxylation sites is 1. The van der Waals surface area contributed by atoms with Crippen LogP contribution in [0, 0.1) is 4.77 Å². The van der Waals surface area contributed by atoms with Crippen molar-refractivity contribution >= 4 is 12.2 Å². The van der Waals surface area contributed by atoms with Crippen LogP contribution >= 0.6 is 12.2 Å². The molecule has 30 heavy (non-hydrogen) atoms. The van der Waals surface area contributed by atoms with E-state index in [-0.39, 0.29) is 0 Å². The van der Waals surface area contributed by atoms with Gasteiger partial charge in [-0.2, -0.15) is 0 Å². The fraction of sp³-hybridized carbons (Fsp3) is 0.200. The van der Waals surface area contributed by atoms with Gasteiger partial charge >= 0.3 is 0 Å². The van der Waals surface area contributed by atoms with Crippen LogP contribution < -0.4 is 0 Å². The van der Waals surface area contributed by atoms with Crippen molar-refractivity contribution in [3.63, 3.8) is 0 Å². The Morgan fingerprint density at radius 1 is 0.833 bits per heavy atom. The average molecular weight is 413 g/mol. The fourth-order valence-corrected chi connectivity index (χ4v) is 4.52. The highest BCUT2D eigenvalue weighted by Gasteiger charge is 2.25. The quantitative estimate of drug-likeness (QED) is 0.404. The number of likely N-dealkylation sites (tertiary alicyclic amines) is 1. The first-order chi connectivity index (χ1) is 14.8. The zero-order valence-corrected chi connectivity index (χ0v) is 17.6. The second-order valence-corrected chi connectivity index (χ2v) is 8.12. The molecule has 0 amide bonds. The normalized spacial score (nSPS) is 16.7. The lowest BCUT2D eigenvalue weighted by molar-refractivity contribution is 0.250. The summed E-state index contributed by atoms with van der Waals surface area (Å²) in [6.45, 7) is 2.80. The molecule has 1 aliphatic rings. The first-order valence-corrected chi connectivity index (χ1v) is 10.8. The molecule has 1 saturated heterocycles. The Labute approximate surface area is 182 Å². The molecule has 3 aromatic carbocycles. The summed E-state index contributed by atoms with van der Waals surface area (Å²) in [5.74, 6) is 1.45. The van der Waals surface area contributed by atoms with E-state index in [0.717, 1.165) is 34.9 Å². The van der Waals surface area contributed by atoms with Gasteiger partial charge in [-0.3, -0.25) is 9.47 Å². The second kappa shape index (κ2) is 8.38. The van der Waals surface area contributed by atoms with E-state index in [1.807, 2.05) is 41.1 Å². The van der Waals surface area contributed by atoms with E-state index in [4.69, 9.17) is 17.3 Å². The van der Waals surface area contributed by atoms with Crippen molar-refractivity contribution in [2.75, 3.05) is 13.1 Å². The number of hydrogen-bond acceptors (Lipinski definition) is 3. The Morgan fingerprint density at radius 2 is 1.47 bits per heavy atom. The number of hydrogen-bond donors (Lipinski definition) is 0. The number of benzene rings is 3. The molecule has 150 valence electrons. The summed E-state index contributed by atoms with van der Waals surface area (Å²) in [5.41, 5.74) is 3.52. The summed E-state index contributed by atoms with van der Waals surface area (Å²) < 4.78 is 4.77. The maximum Gasteiger partial charge on any atom is 0.204 e. The zero-order valence-electron chi connectivity index (χ0n) is 16.8. The molecule has 4 nitrogen and oxygen atoms in total. The highest BCUT2D eigenvalue weighted by molar-refractivity contribution is 7.71. The molecule has 2 heterocycles. The van der Waals surface area contributed by atoms with Gasteiger partial charge in [0, 0.05) is 24.3 Å². The number of aromatic nitrogens is 3. The van der Waals surface area contributed by atoms with E-state index in [1.54, 1.807) is 0 Å². The molecule has 1 aliphatic heterocycles. The van der Waals surface area contributed by atoms with Crippen molar-refractivity contribution in [3.05, 3.63) is 101 Å². The molecule has 0 spiro atoms. The molecule has 0 aliphatic carbocycles. The lowest BCUT2D eigenvalue weighted by Gasteiger charge is -2.16. The third-order valence-electron chi connectivity index (χ3n) is 5.76. The van der Waals surface area contributed by atoms with Gasteiger partial charge in [-0.25, -0.2) is 4.68 Å². The summed E-state index contributed by atoms with van der Waals surface area (Å²) in [4.78, 5) is 2.45. The molecule has 0 bridgehead atoms. The molecule has 1 fully saturated rings. The number of rotatable bonds is 5. The highest BCUT2D eigenvalue weighted by Crippen LogP contribution is 2.28. The Morgan fingerprint density at radius 3 is 2.17 bits per heavy atom. The Hall–Kier alpha value is -3.02. The molecular weight excluding hydrogens is 388 g/mol. The van der Waals surface area contributed by atoms with Gasteiger partial charge in [0.2, 0.25) is 4.77 Å². The number of nitrogens with zero attached hydrogens (tertiary/aromatic N) is 4.